The van der Waals surface area contributed by atoms with Crippen LogP contribution in [0.4, 0.5) is 5.69 Å². The number of hydrogen-bond acceptors (Lipinski definition) is 3. The number of hydrogen-bond donors (Lipinski definition) is 1. The van der Waals surface area contributed by atoms with Crippen molar-refractivity contribution in [3.8, 4) is 5.69 Å². The maximum absolute atomic E-state index is 12.7. The maximum atomic E-state index is 12.7. The zero-order valence-electron chi connectivity index (χ0n) is 18.0. The first-order valence-electron chi connectivity index (χ1n) is 10.2. The standard InChI is InChI=1S/C24H28N4O2/c1-5-27(6-2)24(30)19-11-10-12-20(15-19)25-23(29)16-22-17(3)26-28(18(22)4)21-13-8-7-9-14-21/h7-15H,5-6,16H2,1-4H3,(H,25,29). The summed E-state index contributed by atoms with van der Waals surface area (Å²) in [5.41, 5.74) is 4.83. The monoisotopic (exact) mass is 404 g/mol. The van der Waals surface area contributed by atoms with E-state index < -0.39 is 0 Å². The van der Waals surface area contributed by atoms with Crippen LogP contribution in [0.25, 0.3) is 5.69 Å². The van der Waals surface area contributed by atoms with Gasteiger partial charge in [0.05, 0.1) is 17.8 Å². The molecule has 0 aliphatic carbocycles. The minimum Gasteiger partial charge on any atom is -0.339 e. The number of anilines is 1. The van der Waals surface area contributed by atoms with E-state index in [1.165, 1.54) is 0 Å². The fourth-order valence-corrected chi connectivity index (χ4v) is 3.54. The van der Waals surface area contributed by atoms with Gasteiger partial charge >= 0.3 is 0 Å². The smallest absolute Gasteiger partial charge is 0.253 e. The van der Waals surface area contributed by atoms with Gasteiger partial charge in [0.2, 0.25) is 5.91 Å². The Bertz CT molecular complexity index is 1040. The number of carbonyl (C=O) groups excluding carboxylic acids is 2. The van der Waals surface area contributed by atoms with Crippen LogP contribution in [-0.2, 0) is 11.2 Å². The van der Waals surface area contributed by atoms with Crippen LogP contribution in [0.15, 0.2) is 54.6 Å². The van der Waals surface area contributed by atoms with E-state index >= 15 is 0 Å². The fourth-order valence-electron chi connectivity index (χ4n) is 3.54. The SMILES string of the molecule is CCN(CC)C(=O)c1cccc(NC(=O)Cc2c(C)nn(-c3ccccc3)c2C)c1. The molecule has 0 fully saturated rings. The Labute approximate surface area is 177 Å². The summed E-state index contributed by atoms with van der Waals surface area (Å²) in [5.74, 6) is -0.173. The highest BCUT2D eigenvalue weighted by Crippen LogP contribution is 2.19. The fraction of sp³-hybridized carbons (Fsp3) is 0.292. The summed E-state index contributed by atoms with van der Waals surface area (Å²) in [5, 5.41) is 7.52. The predicted molar refractivity (Wildman–Crippen MR) is 119 cm³/mol. The van der Waals surface area contributed by atoms with Crippen LogP contribution in [-0.4, -0.2) is 39.6 Å². The van der Waals surface area contributed by atoms with Gasteiger partial charge in [-0.1, -0.05) is 24.3 Å². The normalized spacial score (nSPS) is 10.7. The Balaban J connectivity index is 1.75. The average molecular weight is 405 g/mol. The lowest BCUT2D eigenvalue weighted by Gasteiger charge is -2.19. The third kappa shape index (κ3) is 4.59. The van der Waals surface area contributed by atoms with Crippen LogP contribution in [0.3, 0.4) is 0 Å². The summed E-state index contributed by atoms with van der Waals surface area (Å²) in [6.45, 7) is 9.09. The van der Waals surface area contributed by atoms with Crippen molar-refractivity contribution in [3.05, 3.63) is 77.1 Å². The summed E-state index contributed by atoms with van der Waals surface area (Å²) in [4.78, 5) is 27.0. The van der Waals surface area contributed by atoms with E-state index in [-0.39, 0.29) is 18.2 Å². The molecule has 1 heterocycles. The molecule has 0 aliphatic rings. The number of nitrogens with one attached hydrogen (secondary N) is 1. The van der Waals surface area contributed by atoms with Gasteiger partial charge in [-0.25, -0.2) is 4.68 Å². The summed E-state index contributed by atoms with van der Waals surface area (Å²) < 4.78 is 1.86. The van der Waals surface area contributed by atoms with E-state index in [1.54, 1.807) is 29.2 Å². The largest absolute Gasteiger partial charge is 0.339 e. The molecule has 1 aromatic heterocycles. The Morgan fingerprint density at radius 1 is 1.00 bits per heavy atom. The number of amides is 2. The zero-order chi connectivity index (χ0) is 21.7. The molecular formula is C24H28N4O2. The topological polar surface area (TPSA) is 67.2 Å². The van der Waals surface area contributed by atoms with Gasteiger partial charge < -0.3 is 10.2 Å². The predicted octanol–water partition coefficient (Wildman–Crippen LogP) is 4.15. The Morgan fingerprint density at radius 3 is 2.37 bits per heavy atom. The molecule has 2 amide bonds. The minimum atomic E-state index is -0.138. The maximum Gasteiger partial charge on any atom is 0.253 e. The lowest BCUT2D eigenvalue weighted by Crippen LogP contribution is -2.30. The molecule has 0 radical (unpaired) electrons. The first-order chi connectivity index (χ1) is 14.4. The molecule has 6 heteroatoms. The van der Waals surface area contributed by atoms with Gasteiger partial charge in [-0.05, 0) is 58.0 Å². The van der Waals surface area contributed by atoms with E-state index in [2.05, 4.69) is 10.4 Å². The third-order valence-corrected chi connectivity index (χ3v) is 5.22. The number of para-hydroxylation sites is 1. The van der Waals surface area contributed by atoms with Crippen molar-refractivity contribution in [2.24, 2.45) is 0 Å². The Kier molecular flexibility index (Phi) is 6.67. The van der Waals surface area contributed by atoms with Crippen molar-refractivity contribution < 1.29 is 9.59 Å². The molecular weight excluding hydrogens is 376 g/mol. The van der Waals surface area contributed by atoms with E-state index in [1.807, 2.05) is 62.7 Å². The average Bonchev–Trinajstić information content (AvgIpc) is 3.03. The molecule has 3 aromatic rings. The number of aryl methyl sites for hydroxylation is 1. The lowest BCUT2D eigenvalue weighted by atomic mass is 10.1. The molecule has 1 N–H and O–H groups in total. The molecule has 0 atom stereocenters. The number of nitrogens with zero attached hydrogens (tertiary/aromatic N) is 3. The Morgan fingerprint density at radius 2 is 1.70 bits per heavy atom. The highest BCUT2D eigenvalue weighted by Gasteiger charge is 2.17. The number of carbonyl (C=O) groups is 2. The first kappa shape index (κ1) is 21.3. The van der Waals surface area contributed by atoms with Gasteiger partial charge in [-0.2, -0.15) is 5.10 Å². The van der Waals surface area contributed by atoms with E-state index in [0.717, 1.165) is 22.6 Å². The molecule has 0 unspecified atom stereocenters. The van der Waals surface area contributed by atoms with Crippen molar-refractivity contribution in [1.29, 1.82) is 0 Å². The van der Waals surface area contributed by atoms with E-state index in [4.69, 9.17) is 0 Å². The minimum absolute atomic E-state index is 0.0353. The molecule has 0 saturated carbocycles. The molecule has 3 rings (SSSR count). The van der Waals surface area contributed by atoms with Crippen molar-refractivity contribution in [2.45, 2.75) is 34.1 Å². The number of benzene rings is 2. The van der Waals surface area contributed by atoms with Crippen LogP contribution in [0.2, 0.25) is 0 Å². The van der Waals surface area contributed by atoms with Gasteiger partial charge in [0.25, 0.3) is 5.91 Å². The second-order valence-electron chi connectivity index (χ2n) is 7.18. The quantitative estimate of drug-likeness (QED) is 0.643. The summed E-state index contributed by atoms with van der Waals surface area (Å²) in [6.07, 6.45) is 0.221. The van der Waals surface area contributed by atoms with Crippen molar-refractivity contribution in [3.63, 3.8) is 0 Å². The van der Waals surface area contributed by atoms with E-state index in [0.29, 0.717) is 24.3 Å². The first-order valence-corrected chi connectivity index (χ1v) is 10.2. The van der Waals surface area contributed by atoms with Crippen LogP contribution in [0.5, 0.6) is 0 Å². The van der Waals surface area contributed by atoms with Crippen LogP contribution >= 0.6 is 0 Å². The molecule has 156 valence electrons. The lowest BCUT2D eigenvalue weighted by molar-refractivity contribution is -0.115. The van der Waals surface area contributed by atoms with Crippen molar-refractivity contribution in [1.82, 2.24) is 14.7 Å². The van der Waals surface area contributed by atoms with Gasteiger partial charge in [0, 0.05) is 35.6 Å². The molecule has 0 saturated heterocycles. The zero-order valence-corrected chi connectivity index (χ0v) is 18.0. The summed E-state index contributed by atoms with van der Waals surface area (Å²) in [6, 6.07) is 16.9. The molecule has 0 spiro atoms. The third-order valence-electron chi connectivity index (χ3n) is 5.22. The molecule has 6 nitrogen and oxygen atoms in total. The summed E-state index contributed by atoms with van der Waals surface area (Å²) >= 11 is 0. The van der Waals surface area contributed by atoms with Crippen molar-refractivity contribution in [2.75, 3.05) is 18.4 Å². The van der Waals surface area contributed by atoms with Crippen LogP contribution in [0.1, 0.15) is 41.2 Å². The van der Waals surface area contributed by atoms with E-state index in [9.17, 15) is 9.59 Å². The highest BCUT2D eigenvalue weighted by atomic mass is 16.2. The van der Waals surface area contributed by atoms with Crippen LogP contribution < -0.4 is 5.32 Å². The van der Waals surface area contributed by atoms with Gasteiger partial charge in [-0.3, -0.25) is 9.59 Å². The molecule has 30 heavy (non-hydrogen) atoms. The van der Waals surface area contributed by atoms with Crippen molar-refractivity contribution >= 4 is 17.5 Å². The molecule has 2 aromatic carbocycles. The number of aromatic nitrogens is 2. The van der Waals surface area contributed by atoms with Gasteiger partial charge in [0.15, 0.2) is 0 Å². The summed E-state index contributed by atoms with van der Waals surface area (Å²) in [7, 11) is 0. The van der Waals surface area contributed by atoms with Gasteiger partial charge in [0.1, 0.15) is 0 Å². The van der Waals surface area contributed by atoms with Crippen LogP contribution in [0, 0.1) is 13.8 Å². The molecule has 0 aliphatic heterocycles. The second kappa shape index (κ2) is 9.39. The second-order valence-corrected chi connectivity index (χ2v) is 7.18. The highest BCUT2D eigenvalue weighted by molar-refractivity contribution is 5.97. The number of rotatable bonds is 7. The Hall–Kier alpha value is -3.41. The van der Waals surface area contributed by atoms with Gasteiger partial charge in [-0.15, -0.1) is 0 Å². The molecule has 0 bridgehead atoms.